The lowest BCUT2D eigenvalue weighted by molar-refractivity contribution is -0.122. The number of carbonyl (C=O) groups is 2. The number of hydrogen-bond acceptors (Lipinski definition) is 6. The average molecular weight is 295 g/mol. The van der Waals surface area contributed by atoms with E-state index in [-0.39, 0.29) is 11.6 Å². The van der Waals surface area contributed by atoms with Gasteiger partial charge in [-0.25, -0.2) is 0 Å². The number of amides is 2. The lowest BCUT2D eigenvalue weighted by Crippen LogP contribution is -2.45. The molecule has 0 aliphatic carbocycles. The maximum atomic E-state index is 11.9. The summed E-state index contributed by atoms with van der Waals surface area (Å²) in [7, 11) is 1.55. The van der Waals surface area contributed by atoms with Crippen LogP contribution in [0.4, 0.5) is 5.82 Å². The number of methoxy groups -OCH3 is 1. The second-order valence-electron chi connectivity index (χ2n) is 4.31. The molecule has 3 N–H and O–H groups in total. The highest BCUT2D eigenvalue weighted by Crippen LogP contribution is 2.01. The van der Waals surface area contributed by atoms with E-state index in [0.29, 0.717) is 19.0 Å². The van der Waals surface area contributed by atoms with Crippen LogP contribution in [0.15, 0.2) is 12.1 Å². The Morgan fingerprint density at radius 2 is 2.10 bits per heavy atom. The van der Waals surface area contributed by atoms with E-state index in [4.69, 9.17) is 4.74 Å². The van der Waals surface area contributed by atoms with E-state index in [0.717, 1.165) is 6.54 Å². The third kappa shape index (κ3) is 5.74. The van der Waals surface area contributed by atoms with Crippen LogP contribution in [0.5, 0.6) is 0 Å². The smallest absolute Gasteiger partial charge is 0.272 e. The monoisotopic (exact) mass is 295 g/mol. The van der Waals surface area contributed by atoms with E-state index < -0.39 is 11.9 Å². The predicted molar refractivity (Wildman–Crippen MR) is 78.0 cm³/mol. The van der Waals surface area contributed by atoms with Crippen LogP contribution in [-0.4, -0.2) is 54.9 Å². The zero-order chi connectivity index (χ0) is 15.7. The summed E-state index contributed by atoms with van der Waals surface area (Å²) >= 11 is 0. The van der Waals surface area contributed by atoms with Crippen LogP contribution in [-0.2, 0) is 9.53 Å². The highest BCUT2D eigenvalue weighted by molar-refractivity contribution is 5.95. The summed E-state index contributed by atoms with van der Waals surface area (Å²) < 4.78 is 4.83. The molecule has 0 saturated carbocycles. The fourth-order valence-corrected chi connectivity index (χ4v) is 1.49. The van der Waals surface area contributed by atoms with Gasteiger partial charge in [0.2, 0.25) is 5.91 Å². The van der Waals surface area contributed by atoms with Gasteiger partial charge in [0, 0.05) is 20.2 Å². The van der Waals surface area contributed by atoms with Crippen LogP contribution in [0.1, 0.15) is 24.3 Å². The van der Waals surface area contributed by atoms with Crippen LogP contribution in [0.25, 0.3) is 0 Å². The normalized spacial score (nSPS) is 11.6. The molecular weight excluding hydrogens is 274 g/mol. The first-order chi connectivity index (χ1) is 10.1. The van der Waals surface area contributed by atoms with E-state index in [1.165, 1.54) is 0 Å². The summed E-state index contributed by atoms with van der Waals surface area (Å²) in [6, 6.07) is 2.55. The fraction of sp³-hybridized carbons (Fsp3) is 0.538. The standard InChI is InChI=1S/C13H21N5O3/c1-4-14-11-6-5-10(17-18-11)13(20)16-9(2)12(19)15-7-8-21-3/h5-6,9H,4,7-8H2,1-3H3,(H,14,18)(H,15,19)(H,16,20). The van der Waals surface area contributed by atoms with Gasteiger partial charge in [-0.05, 0) is 26.0 Å². The molecule has 0 spiro atoms. The number of anilines is 1. The molecule has 1 heterocycles. The van der Waals surface area contributed by atoms with Crippen LogP contribution in [0.3, 0.4) is 0 Å². The van der Waals surface area contributed by atoms with Crippen molar-refractivity contribution < 1.29 is 14.3 Å². The molecule has 1 atom stereocenters. The molecule has 0 saturated heterocycles. The molecular formula is C13H21N5O3. The van der Waals surface area contributed by atoms with Crippen molar-refractivity contribution in [2.45, 2.75) is 19.9 Å². The van der Waals surface area contributed by atoms with Gasteiger partial charge in [0.05, 0.1) is 6.61 Å². The second kappa shape index (κ2) is 8.85. The molecule has 1 aromatic rings. The Labute approximate surface area is 123 Å². The highest BCUT2D eigenvalue weighted by Gasteiger charge is 2.17. The van der Waals surface area contributed by atoms with Crippen molar-refractivity contribution in [3.05, 3.63) is 17.8 Å². The van der Waals surface area contributed by atoms with Crippen molar-refractivity contribution in [2.24, 2.45) is 0 Å². The van der Waals surface area contributed by atoms with Gasteiger partial charge in [-0.3, -0.25) is 9.59 Å². The lowest BCUT2D eigenvalue weighted by Gasteiger charge is -2.13. The molecule has 116 valence electrons. The molecule has 0 aliphatic heterocycles. The minimum absolute atomic E-state index is 0.160. The van der Waals surface area contributed by atoms with Crippen molar-refractivity contribution in [1.82, 2.24) is 20.8 Å². The molecule has 1 aromatic heterocycles. The molecule has 0 radical (unpaired) electrons. The van der Waals surface area contributed by atoms with Gasteiger partial charge in [0.15, 0.2) is 5.69 Å². The summed E-state index contributed by atoms with van der Waals surface area (Å²) in [6.45, 7) is 5.07. The lowest BCUT2D eigenvalue weighted by atomic mass is 10.3. The van der Waals surface area contributed by atoms with E-state index in [1.807, 2.05) is 6.92 Å². The van der Waals surface area contributed by atoms with Gasteiger partial charge in [-0.1, -0.05) is 0 Å². The molecule has 8 heteroatoms. The first kappa shape index (κ1) is 16.8. The molecule has 21 heavy (non-hydrogen) atoms. The third-order valence-electron chi connectivity index (χ3n) is 2.60. The van der Waals surface area contributed by atoms with Crippen molar-refractivity contribution in [1.29, 1.82) is 0 Å². The summed E-state index contributed by atoms with van der Waals surface area (Å²) in [5.74, 6) is -0.128. The van der Waals surface area contributed by atoms with Gasteiger partial charge < -0.3 is 20.7 Å². The Morgan fingerprint density at radius 3 is 2.67 bits per heavy atom. The molecule has 2 amide bonds. The molecule has 0 aromatic carbocycles. The Bertz CT molecular complexity index is 463. The predicted octanol–water partition coefficient (Wildman–Crippen LogP) is -0.211. The van der Waals surface area contributed by atoms with Crippen molar-refractivity contribution in [3.8, 4) is 0 Å². The number of hydrogen-bond donors (Lipinski definition) is 3. The van der Waals surface area contributed by atoms with Gasteiger partial charge in [0.1, 0.15) is 11.9 Å². The number of carbonyl (C=O) groups excluding carboxylic acids is 2. The summed E-state index contributed by atoms with van der Waals surface area (Å²) in [5.41, 5.74) is 0.160. The summed E-state index contributed by atoms with van der Waals surface area (Å²) in [5, 5.41) is 15.9. The number of rotatable bonds is 8. The molecule has 1 rings (SSSR count). The number of ether oxygens (including phenoxy) is 1. The average Bonchev–Trinajstić information content (AvgIpc) is 2.48. The SMILES string of the molecule is CCNc1ccc(C(=O)NC(C)C(=O)NCCOC)nn1. The van der Waals surface area contributed by atoms with E-state index in [9.17, 15) is 9.59 Å². The second-order valence-corrected chi connectivity index (χ2v) is 4.31. The number of nitrogens with one attached hydrogen (secondary N) is 3. The zero-order valence-corrected chi connectivity index (χ0v) is 12.5. The summed E-state index contributed by atoms with van der Waals surface area (Å²) in [4.78, 5) is 23.6. The fourth-order valence-electron chi connectivity index (χ4n) is 1.49. The van der Waals surface area contributed by atoms with Crippen molar-refractivity contribution in [3.63, 3.8) is 0 Å². The first-order valence-electron chi connectivity index (χ1n) is 6.73. The minimum atomic E-state index is -0.662. The molecule has 0 aliphatic rings. The molecule has 0 fully saturated rings. The number of aromatic nitrogens is 2. The van der Waals surface area contributed by atoms with Crippen LogP contribution in [0, 0.1) is 0 Å². The quantitative estimate of drug-likeness (QED) is 0.573. The van der Waals surface area contributed by atoms with Gasteiger partial charge >= 0.3 is 0 Å². The van der Waals surface area contributed by atoms with Crippen molar-refractivity contribution in [2.75, 3.05) is 32.1 Å². The Balaban J connectivity index is 2.49. The van der Waals surface area contributed by atoms with Crippen LogP contribution < -0.4 is 16.0 Å². The van der Waals surface area contributed by atoms with Gasteiger partial charge in [0.25, 0.3) is 5.91 Å². The third-order valence-corrected chi connectivity index (χ3v) is 2.60. The highest BCUT2D eigenvalue weighted by atomic mass is 16.5. The van der Waals surface area contributed by atoms with Gasteiger partial charge in [-0.15, -0.1) is 10.2 Å². The molecule has 1 unspecified atom stereocenters. The Morgan fingerprint density at radius 1 is 1.33 bits per heavy atom. The Hall–Kier alpha value is -2.22. The zero-order valence-electron chi connectivity index (χ0n) is 12.5. The maximum absolute atomic E-state index is 11.9. The topological polar surface area (TPSA) is 105 Å². The van der Waals surface area contributed by atoms with E-state index in [2.05, 4.69) is 26.1 Å². The van der Waals surface area contributed by atoms with E-state index in [1.54, 1.807) is 26.2 Å². The van der Waals surface area contributed by atoms with Gasteiger partial charge in [-0.2, -0.15) is 0 Å². The first-order valence-corrected chi connectivity index (χ1v) is 6.73. The molecule has 8 nitrogen and oxygen atoms in total. The van der Waals surface area contributed by atoms with E-state index >= 15 is 0 Å². The molecule has 0 bridgehead atoms. The number of nitrogens with zero attached hydrogens (tertiary/aromatic N) is 2. The summed E-state index contributed by atoms with van der Waals surface area (Å²) in [6.07, 6.45) is 0. The largest absolute Gasteiger partial charge is 0.383 e. The van der Waals surface area contributed by atoms with Crippen LogP contribution in [0.2, 0.25) is 0 Å². The van der Waals surface area contributed by atoms with Crippen LogP contribution >= 0.6 is 0 Å². The van der Waals surface area contributed by atoms with Crippen molar-refractivity contribution >= 4 is 17.6 Å². The Kier molecular flexibility index (Phi) is 7.10. The maximum Gasteiger partial charge on any atom is 0.272 e. The minimum Gasteiger partial charge on any atom is -0.383 e.